The summed E-state index contributed by atoms with van der Waals surface area (Å²) in [6, 6.07) is 4.70. The van der Waals surface area contributed by atoms with Crippen LogP contribution in [0.4, 0.5) is 5.69 Å². The summed E-state index contributed by atoms with van der Waals surface area (Å²) in [5.41, 5.74) is 1.60. The first kappa shape index (κ1) is 21.9. The van der Waals surface area contributed by atoms with Gasteiger partial charge >= 0.3 is 0 Å². The number of hydrogen-bond acceptors (Lipinski definition) is 5. The number of amides is 3. The molecule has 0 radical (unpaired) electrons. The highest BCUT2D eigenvalue weighted by Gasteiger charge is 2.87. The number of non-ortho nitro benzene ring substituents is 1. The fraction of sp³-hybridized carbons (Fsp3) is 0.312. The maximum absolute atomic E-state index is 13.0. The molecule has 1 N–H and O–H groups in total. The lowest BCUT2D eigenvalue weighted by atomic mass is 9.84. The van der Waals surface area contributed by atoms with Crippen LogP contribution in [0.2, 0.25) is 0 Å². The number of alkyl halides is 4. The van der Waals surface area contributed by atoms with Crippen molar-refractivity contribution < 1.29 is 19.3 Å². The van der Waals surface area contributed by atoms with Crippen molar-refractivity contribution >= 4 is 93.0 Å². The number of allylic oxidation sites excluding steroid dienone is 2. The molecular formula is C16H7Cl6N3O5. The molecule has 0 aromatic heterocycles. The van der Waals surface area contributed by atoms with Crippen molar-refractivity contribution in [1.82, 2.24) is 10.4 Å². The zero-order valence-electron chi connectivity index (χ0n) is 14.2. The number of nitrogens with zero attached hydrogens (tertiary/aromatic N) is 2. The summed E-state index contributed by atoms with van der Waals surface area (Å²) >= 11 is 38.2. The first-order valence-electron chi connectivity index (χ1n) is 8.07. The van der Waals surface area contributed by atoms with Crippen molar-refractivity contribution in [3.63, 3.8) is 0 Å². The third-order valence-electron chi connectivity index (χ3n) is 5.44. The minimum Gasteiger partial charge on any atom is -0.272 e. The van der Waals surface area contributed by atoms with E-state index in [4.69, 9.17) is 69.6 Å². The standard InChI is InChI=1S/C16H7Cl6N3O5/c17-9-10(18)15(20)8-7(14(9,19)16(15,21)22)12(27)24(13(8)28)23-11(26)5-2-1-3-6(4-5)25(29)30/h1-4,7-8H,(H,23,26)/t7-,8+,14-,15-/m1/s1. The lowest BCUT2D eigenvalue weighted by molar-refractivity contribution is -0.384. The number of imide groups is 1. The smallest absolute Gasteiger partial charge is 0.270 e. The number of carbonyl (C=O) groups excluding carboxylic acids is 3. The second-order valence-electron chi connectivity index (χ2n) is 6.84. The molecule has 1 saturated carbocycles. The van der Waals surface area contributed by atoms with Crippen LogP contribution in [0.5, 0.6) is 0 Å². The molecule has 1 aromatic carbocycles. The minimum absolute atomic E-state index is 0.163. The molecule has 2 aliphatic carbocycles. The molecule has 4 atom stereocenters. The van der Waals surface area contributed by atoms with Crippen LogP contribution in [0.3, 0.4) is 0 Å². The van der Waals surface area contributed by atoms with Crippen molar-refractivity contribution in [3.05, 3.63) is 50.0 Å². The molecule has 2 bridgehead atoms. The van der Waals surface area contributed by atoms with Gasteiger partial charge in [0.2, 0.25) is 0 Å². The lowest BCUT2D eigenvalue weighted by Crippen LogP contribution is -2.54. The van der Waals surface area contributed by atoms with E-state index in [0.29, 0.717) is 5.01 Å². The topological polar surface area (TPSA) is 110 Å². The van der Waals surface area contributed by atoms with Gasteiger partial charge < -0.3 is 0 Å². The van der Waals surface area contributed by atoms with Crippen LogP contribution < -0.4 is 5.43 Å². The summed E-state index contributed by atoms with van der Waals surface area (Å²) in [6.45, 7) is 0. The number of nitrogens with one attached hydrogen (secondary N) is 1. The van der Waals surface area contributed by atoms with Crippen LogP contribution >= 0.6 is 69.6 Å². The maximum atomic E-state index is 13.0. The molecule has 3 amide bonds. The Bertz CT molecular complexity index is 1050. The van der Waals surface area contributed by atoms with Gasteiger partial charge in [0.25, 0.3) is 23.4 Å². The molecule has 0 spiro atoms. The van der Waals surface area contributed by atoms with Gasteiger partial charge in [0.1, 0.15) is 9.75 Å². The molecule has 1 saturated heterocycles. The Labute approximate surface area is 198 Å². The van der Waals surface area contributed by atoms with Crippen LogP contribution in [0, 0.1) is 22.0 Å². The van der Waals surface area contributed by atoms with Crippen molar-refractivity contribution in [1.29, 1.82) is 0 Å². The van der Waals surface area contributed by atoms with Gasteiger partial charge in [-0.2, -0.15) is 5.01 Å². The van der Waals surface area contributed by atoms with E-state index in [1.165, 1.54) is 18.2 Å². The second kappa shape index (κ2) is 6.60. The highest BCUT2D eigenvalue weighted by Crippen LogP contribution is 2.77. The van der Waals surface area contributed by atoms with E-state index in [1.54, 1.807) is 0 Å². The average Bonchev–Trinajstić information content (AvgIpc) is 3.07. The number of fused-ring (bicyclic) bond motifs is 5. The van der Waals surface area contributed by atoms with Crippen molar-refractivity contribution in [3.8, 4) is 0 Å². The predicted molar refractivity (Wildman–Crippen MR) is 110 cm³/mol. The highest BCUT2D eigenvalue weighted by atomic mass is 35.5. The van der Waals surface area contributed by atoms with E-state index in [1.807, 2.05) is 0 Å². The summed E-state index contributed by atoms with van der Waals surface area (Å²) in [5, 5.41) is 10.8. The van der Waals surface area contributed by atoms with Crippen LogP contribution in [0.25, 0.3) is 0 Å². The number of halogens is 6. The lowest BCUT2D eigenvalue weighted by Gasteiger charge is -2.34. The monoisotopic (exact) mass is 531 g/mol. The van der Waals surface area contributed by atoms with E-state index in [-0.39, 0.29) is 21.3 Å². The fourth-order valence-electron chi connectivity index (χ4n) is 4.03. The van der Waals surface area contributed by atoms with E-state index >= 15 is 0 Å². The Balaban J connectivity index is 1.69. The van der Waals surface area contributed by atoms with Gasteiger partial charge in [-0.05, 0) is 6.07 Å². The average molecular weight is 534 g/mol. The third kappa shape index (κ3) is 2.35. The summed E-state index contributed by atoms with van der Waals surface area (Å²) in [7, 11) is 0. The maximum Gasteiger partial charge on any atom is 0.270 e. The molecule has 8 nitrogen and oxygen atoms in total. The first-order chi connectivity index (χ1) is 13.8. The number of benzene rings is 1. The number of nitro benzene ring substituents is 1. The number of hydrazine groups is 1. The van der Waals surface area contributed by atoms with E-state index in [0.717, 1.165) is 6.07 Å². The Morgan fingerprint density at radius 2 is 1.53 bits per heavy atom. The van der Waals surface area contributed by atoms with Crippen LogP contribution in [0.1, 0.15) is 10.4 Å². The minimum atomic E-state index is -2.09. The Kier molecular flexibility index (Phi) is 4.83. The molecule has 0 unspecified atom stereocenters. The predicted octanol–water partition coefficient (Wildman–Crippen LogP) is 3.69. The van der Waals surface area contributed by atoms with Gasteiger partial charge in [0.15, 0.2) is 4.33 Å². The summed E-state index contributed by atoms with van der Waals surface area (Å²) in [4.78, 5) is 44.7. The van der Waals surface area contributed by atoms with Gasteiger partial charge in [0.05, 0.1) is 26.8 Å². The van der Waals surface area contributed by atoms with Gasteiger partial charge in [-0.3, -0.25) is 29.9 Å². The van der Waals surface area contributed by atoms with Crippen LogP contribution in [0.15, 0.2) is 34.3 Å². The van der Waals surface area contributed by atoms with Crippen LogP contribution in [-0.2, 0) is 9.59 Å². The second-order valence-corrected chi connectivity index (χ2v) is 10.1. The highest BCUT2D eigenvalue weighted by molar-refractivity contribution is 6.66. The van der Waals surface area contributed by atoms with Crippen molar-refractivity contribution in [2.24, 2.45) is 11.8 Å². The molecule has 1 heterocycles. The van der Waals surface area contributed by atoms with E-state index in [9.17, 15) is 24.5 Å². The first-order valence-corrected chi connectivity index (χ1v) is 10.3. The zero-order valence-corrected chi connectivity index (χ0v) is 18.7. The Morgan fingerprint density at radius 1 is 1.03 bits per heavy atom. The molecule has 14 heteroatoms. The van der Waals surface area contributed by atoms with Gasteiger partial charge in [-0.15, -0.1) is 23.2 Å². The van der Waals surface area contributed by atoms with Crippen molar-refractivity contribution in [2.45, 2.75) is 14.1 Å². The Morgan fingerprint density at radius 3 is 2.00 bits per heavy atom. The van der Waals surface area contributed by atoms with Gasteiger partial charge in [-0.1, -0.05) is 52.5 Å². The van der Waals surface area contributed by atoms with Crippen LogP contribution in [-0.4, -0.2) is 41.7 Å². The molecule has 2 fully saturated rings. The third-order valence-corrected chi connectivity index (χ3v) is 9.70. The quantitative estimate of drug-likeness (QED) is 0.276. The number of carbonyl (C=O) groups is 3. The SMILES string of the molecule is O=C(NN1C(=O)[C@@H]2[C@H](C1=O)[C@@]1(Cl)C(Cl)=C(Cl)[C@@]2(Cl)C1(Cl)Cl)c1cccc([N+](=O)[O-])c1. The molecule has 1 aliphatic heterocycles. The molecule has 30 heavy (non-hydrogen) atoms. The zero-order chi connectivity index (χ0) is 22.4. The van der Waals surface area contributed by atoms with E-state index in [2.05, 4.69) is 5.43 Å². The van der Waals surface area contributed by atoms with Gasteiger partial charge in [0, 0.05) is 17.7 Å². The number of rotatable bonds is 3. The summed E-state index contributed by atoms with van der Waals surface area (Å²) in [5.74, 6) is -5.66. The Hall–Kier alpha value is -1.29. The largest absolute Gasteiger partial charge is 0.272 e. The number of nitro groups is 1. The summed E-state index contributed by atoms with van der Waals surface area (Å²) < 4.78 is -2.09. The van der Waals surface area contributed by atoms with Crippen molar-refractivity contribution in [2.75, 3.05) is 0 Å². The molecule has 1 aromatic rings. The normalized spacial score (nSPS) is 33.9. The van der Waals surface area contributed by atoms with Gasteiger partial charge in [-0.25, -0.2) is 0 Å². The van der Waals surface area contributed by atoms with E-state index < -0.39 is 48.6 Å². The fourth-order valence-corrected chi connectivity index (χ4v) is 6.96. The molecule has 158 valence electrons. The number of hydrogen-bond donors (Lipinski definition) is 1. The molecule has 3 aliphatic rings. The molecule has 4 rings (SSSR count). The summed E-state index contributed by atoms with van der Waals surface area (Å²) in [6.07, 6.45) is 0. The molecular weight excluding hydrogens is 527 g/mol.